The van der Waals surface area contributed by atoms with E-state index in [1.165, 1.54) is 0 Å². The Morgan fingerprint density at radius 1 is 0.875 bits per heavy atom. The highest BCUT2D eigenvalue weighted by Crippen LogP contribution is 2.43. The van der Waals surface area contributed by atoms with Gasteiger partial charge in [0.1, 0.15) is 21.9 Å². The van der Waals surface area contributed by atoms with Crippen LogP contribution in [0, 0.1) is 0 Å². The summed E-state index contributed by atoms with van der Waals surface area (Å²) >= 11 is 34.9. The average molecular weight is 690 g/mol. The Hall–Kier alpha value is -2.15. The Labute approximate surface area is 250 Å². The molecule has 0 spiro atoms. The minimum Gasteiger partial charge on any atom is -0.295 e. The van der Waals surface area contributed by atoms with Crippen LogP contribution in [0.1, 0.15) is 33.0 Å². The molecule has 0 bridgehead atoms. The molecule has 0 aliphatic rings. The molecule has 0 radical (unpaired) electrons. The zero-order valence-corrected chi connectivity index (χ0v) is 23.4. The Morgan fingerprint density at radius 2 is 1.48 bits per heavy atom. The van der Waals surface area contributed by atoms with Crippen molar-refractivity contribution in [1.82, 2.24) is 10.4 Å². The summed E-state index contributed by atoms with van der Waals surface area (Å²) < 4.78 is 97.8. The smallest absolute Gasteiger partial charge is 0.295 e. The van der Waals surface area contributed by atoms with E-state index >= 15 is 4.39 Å². The molecule has 1 atom stereocenters. The number of anilines is 1. The number of allylic oxidation sites excluding steroid dienone is 1. The Balaban J connectivity index is 2.00. The van der Waals surface area contributed by atoms with Gasteiger partial charge in [0.05, 0.1) is 36.9 Å². The second-order valence-corrected chi connectivity index (χ2v) is 10.1. The Kier molecular flexibility index (Phi) is 10.0. The summed E-state index contributed by atoms with van der Waals surface area (Å²) in [6.45, 7) is 0. The molecule has 2 aromatic carbocycles. The first-order chi connectivity index (χ1) is 18.4. The number of nitrogens with zero attached hydrogens (tertiary/aromatic N) is 1. The molecule has 0 aliphatic carbocycles. The summed E-state index contributed by atoms with van der Waals surface area (Å²) in [4.78, 5) is 16.2. The van der Waals surface area contributed by atoms with Crippen molar-refractivity contribution < 1.29 is 35.5 Å². The van der Waals surface area contributed by atoms with Crippen LogP contribution in [0.25, 0.3) is 5.83 Å². The molecule has 2 N–H and O–H groups in total. The predicted octanol–water partition coefficient (Wildman–Crippen LogP) is 10.4. The topological polar surface area (TPSA) is 54.0 Å². The number of benzene rings is 2. The van der Waals surface area contributed by atoms with Gasteiger partial charge in [-0.15, -0.1) is 0 Å². The Morgan fingerprint density at radius 3 is 2.02 bits per heavy atom. The molecule has 1 heterocycles. The number of rotatable bonds is 6. The lowest BCUT2D eigenvalue weighted by Gasteiger charge is -2.19. The summed E-state index contributed by atoms with van der Waals surface area (Å²) in [7, 11) is 0. The molecule has 3 aromatic rings. The van der Waals surface area contributed by atoms with Gasteiger partial charge in [0.15, 0.2) is 0 Å². The maximum atomic E-state index is 15.0. The van der Waals surface area contributed by atoms with E-state index in [1.54, 1.807) is 0 Å². The van der Waals surface area contributed by atoms with E-state index in [-0.39, 0.29) is 48.1 Å². The molecule has 1 amide bonds. The van der Waals surface area contributed by atoms with Gasteiger partial charge in [0, 0.05) is 11.8 Å². The zero-order chi connectivity index (χ0) is 30.2. The molecular formula is C23H10Cl6F7N3O. The number of amides is 1. The number of halogens is 13. The highest BCUT2D eigenvalue weighted by molar-refractivity contribution is 6.48. The molecule has 0 saturated carbocycles. The maximum Gasteiger partial charge on any atom is 0.417 e. The fraction of sp³-hybridized carbons (Fsp3) is 0.130. The first kappa shape index (κ1) is 32.4. The predicted molar refractivity (Wildman–Crippen MR) is 141 cm³/mol. The first-order valence-electron chi connectivity index (χ1n) is 10.3. The Bertz CT molecular complexity index is 1470. The third-order valence-corrected chi connectivity index (χ3v) is 7.34. The van der Waals surface area contributed by atoms with Crippen LogP contribution in [0.3, 0.4) is 0 Å². The number of nitrogens with one attached hydrogen (secondary N) is 2. The molecule has 40 heavy (non-hydrogen) atoms. The minimum absolute atomic E-state index is 0.0455. The summed E-state index contributed by atoms with van der Waals surface area (Å²) in [6.07, 6.45) is -9.23. The number of carbonyl (C=O) groups excluding carboxylic acids is 1. The third kappa shape index (κ3) is 7.37. The molecule has 1 aromatic heterocycles. The van der Waals surface area contributed by atoms with Gasteiger partial charge in [-0.1, -0.05) is 75.7 Å². The second-order valence-electron chi connectivity index (χ2n) is 7.76. The first-order valence-corrected chi connectivity index (χ1v) is 12.5. The lowest BCUT2D eigenvalue weighted by molar-refractivity contribution is -0.140. The van der Waals surface area contributed by atoms with E-state index in [0.717, 1.165) is 18.3 Å². The molecule has 214 valence electrons. The van der Waals surface area contributed by atoms with Crippen molar-refractivity contribution in [1.29, 1.82) is 0 Å². The van der Waals surface area contributed by atoms with E-state index < -0.39 is 52.3 Å². The van der Waals surface area contributed by atoms with Gasteiger partial charge >= 0.3 is 12.4 Å². The van der Waals surface area contributed by atoms with Crippen molar-refractivity contribution in [3.05, 3.63) is 95.1 Å². The van der Waals surface area contributed by atoms with Crippen LogP contribution in [0.15, 0.2) is 42.6 Å². The summed E-state index contributed by atoms with van der Waals surface area (Å²) in [5.41, 5.74) is -0.210. The monoisotopic (exact) mass is 687 g/mol. The fourth-order valence-corrected chi connectivity index (χ4v) is 4.44. The molecule has 17 heteroatoms. The van der Waals surface area contributed by atoms with Crippen LogP contribution < -0.4 is 10.9 Å². The number of hydrogen-bond donors (Lipinski definition) is 2. The summed E-state index contributed by atoms with van der Waals surface area (Å²) in [5.74, 6) is -5.71. The van der Waals surface area contributed by atoms with Gasteiger partial charge in [-0.2, -0.15) is 26.3 Å². The highest BCUT2D eigenvalue weighted by Gasteiger charge is 2.41. The number of hydrogen-bond acceptors (Lipinski definition) is 3. The van der Waals surface area contributed by atoms with Crippen LogP contribution in [0.4, 0.5) is 36.4 Å². The van der Waals surface area contributed by atoms with E-state index in [4.69, 9.17) is 69.6 Å². The fourth-order valence-electron chi connectivity index (χ4n) is 3.25. The van der Waals surface area contributed by atoms with Crippen LogP contribution in [0.2, 0.25) is 30.3 Å². The van der Waals surface area contributed by atoms with E-state index in [0.29, 0.717) is 12.1 Å². The van der Waals surface area contributed by atoms with Crippen molar-refractivity contribution in [3.8, 4) is 0 Å². The van der Waals surface area contributed by atoms with Gasteiger partial charge < -0.3 is 0 Å². The quantitative estimate of drug-likeness (QED) is 0.117. The van der Waals surface area contributed by atoms with Gasteiger partial charge in [0.2, 0.25) is 0 Å². The van der Waals surface area contributed by atoms with Gasteiger partial charge in [-0.25, -0.2) is 9.37 Å². The largest absolute Gasteiger partial charge is 0.417 e. The van der Waals surface area contributed by atoms with Gasteiger partial charge in [0.25, 0.3) is 5.91 Å². The number of alkyl halides is 6. The molecule has 0 saturated heterocycles. The van der Waals surface area contributed by atoms with Crippen molar-refractivity contribution in [2.24, 2.45) is 0 Å². The van der Waals surface area contributed by atoms with Crippen LogP contribution in [0.5, 0.6) is 0 Å². The van der Waals surface area contributed by atoms with E-state index in [2.05, 4.69) is 10.4 Å². The van der Waals surface area contributed by atoms with Crippen LogP contribution in [-0.4, -0.2) is 17.1 Å². The zero-order valence-electron chi connectivity index (χ0n) is 18.9. The average Bonchev–Trinajstić information content (AvgIpc) is 2.86. The molecule has 1 unspecified atom stereocenters. The van der Waals surface area contributed by atoms with Crippen LogP contribution in [-0.2, 0) is 6.18 Å². The van der Waals surface area contributed by atoms with Crippen LogP contribution >= 0.6 is 69.6 Å². The normalized spacial score (nSPS) is 13.3. The van der Waals surface area contributed by atoms with E-state index in [9.17, 15) is 31.1 Å². The SMILES string of the molecule is O=C(NNc1c(Cl)cnc(Cl)c1Cl)c1ccc(C(F)=CC(c2cc(Cl)c(Cl)c(Cl)c2)C(F)(F)F)cc1C(F)(F)F. The molecular weight excluding hydrogens is 680 g/mol. The van der Waals surface area contributed by atoms with Crippen molar-refractivity contribution in [2.75, 3.05) is 5.43 Å². The number of hydrazine groups is 1. The van der Waals surface area contributed by atoms with Crippen molar-refractivity contribution in [2.45, 2.75) is 18.3 Å². The molecule has 4 nitrogen and oxygen atoms in total. The minimum atomic E-state index is -5.22. The van der Waals surface area contributed by atoms with Crippen molar-refractivity contribution >= 4 is 87.0 Å². The summed E-state index contributed by atoms with van der Waals surface area (Å²) in [6, 6.07) is 3.04. The van der Waals surface area contributed by atoms with E-state index in [1.807, 2.05) is 5.43 Å². The highest BCUT2D eigenvalue weighted by atomic mass is 35.5. The standard InChI is InChI=1S/C23H10Cl6F7N3O/c24-13-4-9(5-14(25)17(13)27)11(22(31,32)33)6-16(30)8-1-2-10(12(3-8)23(34,35)36)21(40)39-38-19-15(26)7-37-20(29)18(19)28/h1-7,11H,(H,37,38)(H,39,40). The summed E-state index contributed by atoms with van der Waals surface area (Å²) in [5, 5.41) is -1.58. The number of aromatic nitrogens is 1. The molecule has 0 aliphatic heterocycles. The van der Waals surface area contributed by atoms with Gasteiger partial charge in [-0.3, -0.25) is 15.6 Å². The molecule has 3 rings (SSSR count). The lowest BCUT2D eigenvalue weighted by Crippen LogP contribution is -2.31. The van der Waals surface area contributed by atoms with Crippen molar-refractivity contribution in [3.63, 3.8) is 0 Å². The van der Waals surface area contributed by atoms with Gasteiger partial charge in [-0.05, 0) is 35.9 Å². The third-order valence-electron chi connectivity index (χ3n) is 5.11. The molecule has 0 fully saturated rings. The number of carbonyl (C=O) groups is 1. The number of pyridine rings is 1. The second kappa shape index (κ2) is 12.4. The lowest BCUT2D eigenvalue weighted by atomic mass is 9.95. The maximum absolute atomic E-state index is 15.0.